The van der Waals surface area contributed by atoms with Gasteiger partial charge in [0.05, 0.1) is 6.61 Å². The van der Waals surface area contributed by atoms with Crippen LogP contribution in [0.4, 0.5) is 0 Å². The molecule has 1 N–H and O–H groups in total. The number of hydrogen-bond donors (Lipinski definition) is 1. The average molecular weight is 353 g/mol. The number of carbonyl (C=O) groups excluding carboxylic acids is 1. The number of rotatable bonds is 4. The lowest BCUT2D eigenvalue weighted by Gasteiger charge is -2.38. The first-order valence-corrected chi connectivity index (χ1v) is 8.81. The van der Waals surface area contributed by atoms with Crippen LogP contribution in [-0.4, -0.2) is 43.6 Å². The maximum Gasteiger partial charge on any atom is 0.253 e. The van der Waals surface area contributed by atoms with E-state index in [-0.39, 0.29) is 18.3 Å². The predicted octanol–water partition coefficient (Wildman–Crippen LogP) is 3.36. The second kappa shape index (κ2) is 8.21. The fourth-order valence-corrected chi connectivity index (χ4v) is 3.55. The van der Waals surface area contributed by atoms with Crippen molar-refractivity contribution in [3.63, 3.8) is 0 Å². The molecule has 2 aliphatic heterocycles. The van der Waals surface area contributed by atoms with Crippen molar-refractivity contribution in [1.82, 2.24) is 10.2 Å². The van der Waals surface area contributed by atoms with Crippen LogP contribution >= 0.6 is 12.4 Å². The van der Waals surface area contributed by atoms with Crippen molar-refractivity contribution in [3.8, 4) is 5.75 Å². The molecule has 1 aromatic carbocycles. The zero-order chi connectivity index (χ0) is 16.3. The molecule has 4 nitrogen and oxygen atoms in total. The monoisotopic (exact) mass is 352 g/mol. The molecule has 0 saturated carbocycles. The van der Waals surface area contributed by atoms with Crippen LogP contribution in [0.15, 0.2) is 24.3 Å². The molecule has 0 unspecified atom stereocenters. The summed E-state index contributed by atoms with van der Waals surface area (Å²) in [5.74, 6) is 1.49. The van der Waals surface area contributed by atoms with Crippen LogP contribution in [-0.2, 0) is 0 Å². The normalized spacial score (nSPS) is 19.4. The Morgan fingerprint density at radius 3 is 2.42 bits per heavy atom. The summed E-state index contributed by atoms with van der Waals surface area (Å²) in [5.41, 5.74) is 1.22. The van der Waals surface area contributed by atoms with Crippen LogP contribution in [0.1, 0.15) is 43.5 Å². The summed E-state index contributed by atoms with van der Waals surface area (Å²) in [4.78, 5) is 14.7. The van der Waals surface area contributed by atoms with E-state index in [1.165, 1.54) is 6.42 Å². The third-order valence-electron chi connectivity index (χ3n) is 5.13. The summed E-state index contributed by atoms with van der Waals surface area (Å²) >= 11 is 0. The van der Waals surface area contributed by atoms with E-state index in [9.17, 15) is 4.79 Å². The standard InChI is InChI=1S/C19H28N2O2.ClH/c1-15(2)13-23-17-5-3-16(4-6-17)18(22)21-11-8-19(9-12-21)7-10-20-14-19;/h3-6,15,20H,7-14H2,1-2H3;1H. The van der Waals surface area contributed by atoms with Crippen molar-refractivity contribution >= 4 is 18.3 Å². The zero-order valence-corrected chi connectivity index (χ0v) is 15.5. The van der Waals surface area contributed by atoms with Gasteiger partial charge in [-0.3, -0.25) is 4.79 Å². The summed E-state index contributed by atoms with van der Waals surface area (Å²) < 4.78 is 5.68. The van der Waals surface area contributed by atoms with Crippen LogP contribution in [0, 0.1) is 11.3 Å². The molecule has 0 aliphatic carbocycles. The Labute approximate surface area is 151 Å². The molecule has 3 rings (SSSR count). The lowest BCUT2D eigenvalue weighted by atomic mass is 9.78. The van der Waals surface area contributed by atoms with Crippen LogP contribution in [0.5, 0.6) is 5.75 Å². The van der Waals surface area contributed by atoms with E-state index < -0.39 is 0 Å². The zero-order valence-electron chi connectivity index (χ0n) is 14.7. The van der Waals surface area contributed by atoms with Crippen LogP contribution in [0.25, 0.3) is 0 Å². The highest BCUT2D eigenvalue weighted by atomic mass is 35.5. The topological polar surface area (TPSA) is 41.6 Å². The lowest BCUT2D eigenvalue weighted by molar-refractivity contribution is 0.0607. The molecule has 0 bridgehead atoms. The fourth-order valence-electron chi connectivity index (χ4n) is 3.55. The minimum Gasteiger partial charge on any atom is -0.493 e. The summed E-state index contributed by atoms with van der Waals surface area (Å²) in [6.07, 6.45) is 3.51. The molecule has 2 saturated heterocycles. The number of nitrogens with zero attached hydrogens (tertiary/aromatic N) is 1. The van der Waals surface area contributed by atoms with E-state index in [1.54, 1.807) is 0 Å². The number of piperidine rings is 1. The van der Waals surface area contributed by atoms with Gasteiger partial charge < -0.3 is 15.0 Å². The summed E-state index contributed by atoms with van der Waals surface area (Å²) in [6, 6.07) is 7.59. The van der Waals surface area contributed by atoms with Gasteiger partial charge in [-0.1, -0.05) is 13.8 Å². The Balaban J connectivity index is 0.00000208. The Bertz CT molecular complexity index is 529. The number of benzene rings is 1. The van der Waals surface area contributed by atoms with Gasteiger partial charge in [-0.2, -0.15) is 0 Å². The molecule has 134 valence electrons. The number of nitrogens with one attached hydrogen (secondary N) is 1. The lowest BCUT2D eigenvalue weighted by Crippen LogP contribution is -2.44. The van der Waals surface area contributed by atoms with Crippen molar-refractivity contribution < 1.29 is 9.53 Å². The third kappa shape index (κ3) is 4.42. The highest BCUT2D eigenvalue weighted by Gasteiger charge is 2.38. The quantitative estimate of drug-likeness (QED) is 0.903. The van der Waals surface area contributed by atoms with E-state index in [1.807, 2.05) is 29.2 Å². The number of ether oxygens (including phenoxy) is 1. The maximum atomic E-state index is 12.6. The van der Waals surface area contributed by atoms with Gasteiger partial charge in [0.25, 0.3) is 5.91 Å². The Morgan fingerprint density at radius 2 is 1.88 bits per heavy atom. The van der Waals surface area contributed by atoms with Gasteiger partial charge in [0, 0.05) is 25.2 Å². The molecular weight excluding hydrogens is 324 g/mol. The fraction of sp³-hybridized carbons (Fsp3) is 0.632. The molecule has 2 fully saturated rings. The number of carbonyl (C=O) groups is 1. The first-order valence-electron chi connectivity index (χ1n) is 8.81. The van der Waals surface area contributed by atoms with Gasteiger partial charge in [-0.15, -0.1) is 12.4 Å². The van der Waals surface area contributed by atoms with Crippen molar-refractivity contribution in [2.45, 2.75) is 33.1 Å². The largest absolute Gasteiger partial charge is 0.493 e. The first kappa shape index (κ1) is 19.1. The van der Waals surface area contributed by atoms with E-state index in [4.69, 9.17) is 4.74 Å². The Morgan fingerprint density at radius 1 is 1.21 bits per heavy atom. The average Bonchev–Trinajstić information content (AvgIpc) is 3.02. The van der Waals surface area contributed by atoms with Gasteiger partial charge in [-0.05, 0) is 61.4 Å². The predicted molar refractivity (Wildman–Crippen MR) is 99.1 cm³/mol. The molecule has 0 radical (unpaired) electrons. The van der Waals surface area contributed by atoms with Crippen LogP contribution in [0.2, 0.25) is 0 Å². The van der Waals surface area contributed by atoms with E-state index in [2.05, 4.69) is 19.2 Å². The molecule has 0 aromatic heterocycles. The van der Waals surface area contributed by atoms with Crippen molar-refractivity contribution in [1.29, 1.82) is 0 Å². The second-order valence-corrected chi connectivity index (χ2v) is 7.45. The SMILES string of the molecule is CC(C)COc1ccc(C(=O)N2CCC3(CCNC3)CC2)cc1.Cl. The smallest absolute Gasteiger partial charge is 0.253 e. The van der Waals surface area contributed by atoms with Crippen molar-refractivity contribution in [3.05, 3.63) is 29.8 Å². The minimum atomic E-state index is 0. The van der Waals surface area contributed by atoms with Gasteiger partial charge in [-0.25, -0.2) is 0 Å². The van der Waals surface area contributed by atoms with Gasteiger partial charge >= 0.3 is 0 Å². The highest BCUT2D eigenvalue weighted by molar-refractivity contribution is 5.94. The molecule has 1 spiro atoms. The van der Waals surface area contributed by atoms with E-state index >= 15 is 0 Å². The van der Waals surface area contributed by atoms with Crippen molar-refractivity contribution in [2.75, 3.05) is 32.8 Å². The summed E-state index contributed by atoms with van der Waals surface area (Å²) in [6.45, 7) is 8.97. The number of likely N-dealkylation sites (tertiary alicyclic amines) is 1. The number of hydrogen-bond acceptors (Lipinski definition) is 3. The van der Waals surface area contributed by atoms with Gasteiger partial charge in [0.1, 0.15) is 5.75 Å². The van der Waals surface area contributed by atoms with E-state index in [0.717, 1.165) is 50.3 Å². The van der Waals surface area contributed by atoms with Gasteiger partial charge in [0.15, 0.2) is 0 Å². The second-order valence-electron chi connectivity index (χ2n) is 7.45. The number of halogens is 1. The molecule has 1 amide bonds. The van der Waals surface area contributed by atoms with Gasteiger partial charge in [0.2, 0.25) is 0 Å². The minimum absolute atomic E-state index is 0. The molecule has 2 aliphatic rings. The maximum absolute atomic E-state index is 12.6. The molecule has 24 heavy (non-hydrogen) atoms. The number of amides is 1. The Hall–Kier alpha value is -1.26. The van der Waals surface area contributed by atoms with Crippen LogP contribution < -0.4 is 10.1 Å². The third-order valence-corrected chi connectivity index (χ3v) is 5.13. The molecule has 2 heterocycles. The molecule has 5 heteroatoms. The molecular formula is C19H29ClN2O2. The molecule has 1 aromatic rings. The Kier molecular flexibility index (Phi) is 6.53. The summed E-state index contributed by atoms with van der Waals surface area (Å²) in [5, 5.41) is 3.47. The molecule has 0 atom stereocenters. The summed E-state index contributed by atoms with van der Waals surface area (Å²) in [7, 11) is 0. The highest BCUT2D eigenvalue weighted by Crippen LogP contribution is 2.37. The van der Waals surface area contributed by atoms with Crippen molar-refractivity contribution in [2.24, 2.45) is 11.3 Å². The first-order chi connectivity index (χ1) is 11.1. The van der Waals surface area contributed by atoms with E-state index in [0.29, 0.717) is 17.9 Å². The van der Waals surface area contributed by atoms with Crippen LogP contribution in [0.3, 0.4) is 0 Å².